The fourth-order valence-electron chi connectivity index (χ4n) is 1.21. The average Bonchev–Trinajstić information content (AvgIpc) is 1.55. The maximum Gasteiger partial charge on any atom is 2.00 e. The van der Waals surface area contributed by atoms with Gasteiger partial charge in [0.2, 0.25) is 0 Å². The van der Waals surface area contributed by atoms with E-state index in [0.717, 1.165) is 5.92 Å². The Morgan fingerprint density at radius 3 is 1.90 bits per heavy atom. The van der Waals surface area contributed by atoms with Gasteiger partial charge in [0.1, 0.15) is 0 Å². The molecule has 1 heteroatoms. The van der Waals surface area contributed by atoms with E-state index in [2.05, 4.69) is 13.8 Å². The fourth-order valence-corrected chi connectivity index (χ4v) is 1.21. The number of hydrogen-bond donors (Lipinski definition) is 0. The van der Waals surface area contributed by atoms with Gasteiger partial charge in [0.25, 0.3) is 0 Å². The summed E-state index contributed by atoms with van der Waals surface area (Å²) in [7, 11) is 0. The SMILES string of the molecule is CC(C)C[C-]1CCC1.[CH3-].[W+2]. The third kappa shape index (κ3) is 4.50. The summed E-state index contributed by atoms with van der Waals surface area (Å²) in [6.45, 7) is 4.59. The molecule has 0 aromatic carbocycles. The van der Waals surface area contributed by atoms with E-state index in [1.165, 1.54) is 25.7 Å². The van der Waals surface area contributed by atoms with Gasteiger partial charge < -0.3 is 13.3 Å². The van der Waals surface area contributed by atoms with E-state index in [1.54, 1.807) is 5.92 Å². The van der Waals surface area contributed by atoms with E-state index in [4.69, 9.17) is 0 Å². The standard InChI is InChI=1S/C8H15.CH3.W/c1-7(2)6-8-4-3-5-8;;/h7H,3-6H2,1-2H3;1H3;/q2*-1;+2. The summed E-state index contributed by atoms with van der Waals surface area (Å²) in [6.07, 6.45) is 5.71. The summed E-state index contributed by atoms with van der Waals surface area (Å²) in [5.41, 5.74) is 0. The Kier molecular flexibility index (Phi) is 8.51. The molecule has 0 heterocycles. The third-order valence-electron chi connectivity index (χ3n) is 1.76. The van der Waals surface area contributed by atoms with Crippen molar-refractivity contribution in [2.75, 3.05) is 0 Å². The Hall–Kier alpha value is 0.688. The molecule has 1 fully saturated rings. The molecule has 0 spiro atoms. The van der Waals surface area contributed by atoms with Crippen LogP contribution in [-0.4, -0.2) is 0 Å². The van der Waals surface area contributed by atoms with E-state index < -0.39 is 0 Å². The summed E-state index contributed by atoms with van der Waals surface area (Å²) in [5, 5.41) is 0. The first-order valence-corrected chi connectivity index (χ1v) is 3.62. The molecule has 1 aliphatic carbocycles. The molecule has 0 saturated heterocycles. The Labute approximate surface area is 80.0 Å². The molecule has 0 bridgehead atoms. The van der Waals surface area contributed by atoms with Crippen LogP contribution in [0.15, 0.2) is 0 Å². The van der Waals surface area contributed by atoms with E-state index in [1.807, 2.05) is 0 Å². The molecule has 60 valence electrons. The number of hydrogen-bond acceptors (Lipinski definition) is 0. The Morgan fingerprint density at radius 1 is 1.30 bits per heavy atom. The van der Waals surface area contributed by atoms with Crippen molar-refractivity contribution in [3.8, 4) is 0 Å². The van der Waals surface area contributed by atoms with Crippen molar-refractivity contribution in [3.05, 3.63) is 13.3 Å². The molecule has 0 unspecified atom stereocenters. The van der Waals surface area contributed by atoms with E-state index in [9.17, 15) is 0 Å². The molecule has 0 aromatic rings. The normalized spacial score (nSPS) is 17.1. The predicted octanol–water partition coefficient (Wildman–Crippen LogP) is 3.24. The van der Waals surface area contributed by atoms with Crippen LogP contribution >= 0.6 is 0 Å². The van der Waals surface area contributed by atoms with Crippen LogP contribution in [0.1, 0.15) is 39.5 Å². The molecule has 0 atom stereocenters. The minimum Gasteiger partial charge on any atom is -0.358 e. The van der Waals surface area contributed by atoms with Gasteiger partial charge in [0, 0.05) is 0 Å². The zero-order valence-corrected chi connectivity index (χ0v) is 10.2. The fraction of sp³-hybridized carbons (Fsp3) is 0.778. The van der Waals surface area contributed by atoms with Gasteiger partial charge in [-0.1, -0.05) is 19.8 Å². The van der Waals surface area contributed by atoms with Gasteiger partial charge in [0.05, 0.1) is 0 Å². The zero-order chi connectivity index (χ0) is 5.98. The molecular formula is C9H18W. The van der Waals surface area contributed by atoms with Crippen molar-refractivity contribution in [2.45, 2.75) is 39.5 Å². The van der Waals surface area contributed by atoms with Crippen molar-refractivity contribution in [1.82, 2.24) is 0 Å². The summed E-state index contributed by atoms with van der Waals surface area (Å²) in [5.74, 6) is 2.70. The van der Waals surface area contributed by atoms with Crippen molar-refractivity contribution in [3.63, 3.8) is 0 Å². The molecule has 1 aliphatic rings. The van der Waals surface area contributed by atoms with Gasteiger partial charge in [-0.15, -0.1) is 6.42 Å². The van der Waals surface area contributed by atoms with Gasteiger partial charge in [-0.25, -0.2) is 0 Å². The van der Waals surface area contributed by atoms with Crippen LogP contribution in [0, 0.1) is 19.3 Å². The molecule has 0 N–H and O–H groups in total. The second kappa shape index (κ2) is 6.40. The van der Waals surface area contributed by atoms with Crippen molar-refractivity contribution in [1.29, 1.82) is 0 Å². The Morgan fingerprint density at radius 2 is 1.80 bits per heavy atom. The van der Waals surface area contributed by atoms with E-state index in [0.29, 0.717) is 0 Å². The molecule has 1 rings (SSSR count). The predicted molar refractivity (Wildman–Crippen MR) is 43.0 cm³/mol. The first-order chi connectivity index (χ1) is 3.79. The second-order valence-electron chi connectivity index (χ2n) is 3.20. The largest absolute Gasteiger partial charge is 2.00 e. The van der Waals surface area contributed by atoms with Crippen molar-refractivity contribution < 1.29 is 21.1 Å². The smallest absolute Gasteiger partial charge is 0.358 e. The van der Waals surface area contributed by atoms with E-state index in [-0.39, 0.29) is 28.5 Å². The topological polar surface area (TPSA) is 0 Å². The number of rotatable bonds is 2. The van der Waals surface area contributed by atoms with Crippen LogP contribution in [0.2, 0.25) is 0 Å². The average molecular weight is 310 g/mol. The maximum absolute atomic E-state index is 2.30. The quantitative estimate of drug-likeness (QED) is 0.687. The summed E-state index contributed by atoms with van der Waals surface area (Å²) in [6, 6.07) is 0. The molecule has 0 amide bonds. The second-order valence-corrected chi connectivity index (χ2v) is 3.20. The van der Waals surface area contributed by atoms with Gasteiger partial charge in [-0.3, -0.25) is 0 Å². The van der Waals surface area contributed by atoms with Gasteiger partial charge in [-0.05, 0) is 0 Å². The van der Waals surface area contributed by atoms with Crippen LogP contribution < -0.4 is 0 Å². The van der Waals surface area contributed by atoms with Crippen LogP contribution in [0.5, 0.6) is 0 Å². The summed E-state index contributed by atoms with van der Waals surface area (Å²) in [4.78, 5) is 0. The molecule has 0 aromatic heterocycles. The molecule has 0 aliphatic heterocycles. The van der Waals surface area contributed by atoms with Crippen LogP contribution in [-0.2, 0) is 21.1 Å². The van der Waals surface area contributed by atoms with E-state index >= 15 is 0 Å². The molecule has 10 heavy (non-hydrogen) atoms. The first kappa shape index (κ1) is 13.3. The third-order valence-corrected chi connectivity index (χ3v) is 1.76. The minimum absolute atomic E-state index is 0. The summed E-state index contributed by atoms with van der Waals surface area (Å²) >= 11 is 0. The van der Waals surface area contributed by atoms with Gasteiger partial charge in [-0.2, -0.15) is 19.3 Å². The molecular weight excluding hydrogens is 292 g/mol. The van der Waals surface area contributed by atoms with Gasteiger partial charge in [0.15, 0.2) is 0 Å². The van der Waals surface area contributed by atoms with Crippen molar-refractivity contribution in [2.24, 2.45) is 5.92 Å². The first-order valence-electron chi connectivity index (χ1n) is 3.62. The monoisotopic (exact) mass is 310 g/mol. The van der Waals surface area contributed by atoms with Gasteiger partial charge >= 0.3 is 21.1 Å². The van der Waals surface area contributed by atoms with Crippen LogP contribution in [0.4, 0.5) is 0 Å². The Bertz CT molecular complexity index is 65.1. The molecule has 1 saturated carbocycles. The van der Waals surface area contributed by atoms with Crippen LogP contribution in [0.25, 0.3) is 0 Å². The minimum atomic E-state index is 0. The molecule has 0 nitrogen and oxygen atoms in total. The Balaban J connectivity index is 0. The van der Waals surface area contributed by atoms with Crippen molar-refractivity contribution >= 4 is 0 Å². The zero-order valence-electron chi connectivity index (χ0n) is 7.31. The van der Waals surface area contributed by atoms with Crippen LogP contribution in [0.3, 0.4) is 0 Å². The molecule has 0 radical (unpaired) electrons. The maximum atomic E-state index is 2.30. The summed E-state index contributed by atoms with van der Waals surface area (Å²) < 4.78 is 0.